The molecule has 1 aliphatic rings. The van der Waals surface area contributed by atoms with Crippen LogP contribution in [0.15, 0.2) is 30.3 Å². The molecule has 15 heavy (non-hydrogen) atoms. The summed E-state index contributed by atoms with van der Waals surface area (Å²) in [5.74, 6) is 0. The van der Waals surface area contributed by atoms with Crippen molar-refractivity contribution in [3.05, 3.63) is 35.9 Å². The van der Waals surface area contributed by atoms with Gasteiger partial charge in [0.15, 0.2) is 0 Å². The molecule has 1 saturated heterocycles. The molecule has 1 aliphatic heterocycles. The predicted octanol–water partition coefficient (Wildman–Crippen LogP) is -1.04. The number of halogens is 1. The minimum Gasteiger partial charge on any atom is -1.00 e. The van der Waals surface area contributed by atoms with E-state index in [2.05, 4.69) is 29.6 Å². The fourth-order valence-corrected chi connectivity index (χ4v) is 1.78. The summed E-state index contributed by atoms with van der Waals surface area (Å²) in [6, 6.07) is 10.5. The Morgan fingerprint density at radius 1 is 1.27 bits per heavy atom. The Morgan fingerprint density at radius 3 is 2.73 bits per heavy atom. The summed E-state index contributed by atoms with van der Waals surface area (Å²) in [7, 11) is 0. The number of ether oxygens (including phenoxy) is 1. The zero-order chi connectivity index (χ0) is 9.64. The molecule has 1 N–H and O–H groups in total. The number of benzene rings is 1. The van der Waals surface area contributed by atoms with E-state index < -0.39 is 0 Å². The highest BCUT2D eigenvalue weighted by molar-refractivity contribution is 5.14. The standard InChI is InChI=1S/C12H17NO.BrH/c1-2-5-11(6-3-1)9-13-10-12-7-4-8-14-12;/h1-3,5-6,12-13H,4,7-10H2;1H/p-1. The van der Waals surface area contributed by atoms with Crippen molar-refractivity contribution in [3.63, 3.8) is 0 Å². The molecule has 0 aromatic heterocycles. The van der Waals surface area contributed by atoms with Crippen LogP contribution in [0.1, 0.15) is 18.4 Å². The molecule has 0 bridgehead atoms. The van der Waals surface area contributed by atoms with E-state index in [0.29, 0.717) is 6.10 Å². The van der Waals surface area contributed by atoms with E-state index in [0.717, 1.165) is 19.7 Å². The van der Waals surface area contributed by atoms with Crippen molar-refractivity contribution in [2.75, 3.05) is 13.2 Å². The number of nitrogens with one attached hydrogen (secondary N) is 1. The van der Waals surface area contributed by atoms with E-state index in [1.165, 1.54) is 18.4 Å². The zero-order valence-corrected chi connectivity index (χ0v) is 10.4. The lowest BCUT2D eigenvalue weighted by Crippen LogP contribution is -3.00. The van der Waals surface area contributed by atoms with Crippen molar-refractivity contribution < 1.29 is 21.7 Å². The lowest BCUT2D eigenvalue weighted by atomic mass is 10.2. The minimum atomic E-state index is 0. The number of rotatable bonds is 4. The Morgan fingerprint density at radius 2 is 2.07 bits per heavy atom. The van der Waals surface area contributed by atoms with Crippen molar-refractivity contribution in [1.29, 1.82) is 0 Å². The summed E-state index contributed by atoms with van der Waals surface area (Å²) in [6.07, 6.45) is 2.87. The second-order valence-corrected chi connectivity index (χ2v) is 3.75. The maximum atomic E-state index is 5.53. The first-order valence-electron chi connectivity index (χ1n) is 5.31. The number of hydrogen-bond donors (Lipinski definition) is 1. The van der Waals surface area contributed by atoms with Crippen molar-refractivity contribution >= 4 is 0 Å². The van der Waals surface area contributed by atoms with Crippen LogP contribution in [0, 0.1) is 0 Å². The quantitative estimate of drug-likeness (QED) is 0.755. The molecule has 0 amide bonds. The maximum absolute atomic E-state index is 5.53. The first-order valence-corrected chi connectivity index (χ1v) is 5.31. The normalized spacial score (nSPS) is 19.9. The van der Waals surface area contributed by atoms with E-state index in [4.69, 9.17) is 4.74 Å². The molecule has 2 nitrogen and oxygen atoms in total. The highest BCUT2D eigenvalue weighted by Gasteiger charge is 2.14. The summed E-state index contributed by atoms with van der Waals surface area (Å²) in [4.78, 5) is 0. The van der Waals surface area contributed by atoms with Crippen LogP contribution >= 0.6 is 0 Å². The van der Waals surface area contributed by atoms with Crippen molar-refractivity contribution in [2.24, 2.45) is 0 Å². The molecule has 0 spiro atoms. The Bertz CT molecular complexity index is 260. The van der Waals surface area contributed by atoms with E-state index in [9.17, 15) is 0 Å². The molecule has 1 aromatic carbocycles. The first kappa shape index (κ1) is 12.7. The summed E-state index contributed by atoms with van der Waals surface area (Å²) in [5.41, 5.74) is 1.34. The Hall–Kier alpha value is -0.380. The van der Waals surface area contributed by atoms with Gasteiger partial charge in [-0.25, -0.2) is 0 Å². The molecule has 1 aromatic rings. The van der Waals surface area contributed by atoms with Crippen LogP contribution < -0.4 is 22.3 Å². The fraction of sp³-hybridized carbons (Fsp3) is 0.500. The van der Waals surface area contributed by atoms with Gasteiger partial charge in [0.25, 0.3) is 0 Å². The molecule has 2 rings (SSSR count). The van der Waals surface area contributed by atoms with Gasteiger partial charge >= 0.3 is 0 Å². The van der Waals surface area contributed by atoms with Crippen LogP contribution in [-0.4, -0.2) is 19.3 Å². The van der Waals surface area contributed by atoms with Gasteiger partial charge in [0.05, 0.1) is 6.10 Å². The van der Waals surface area contributed by atoms with Crippen molar-refractivity contribution in [1.82, 2.24) is 5.32 Å². The molecule has 0 aliphatic carbocycles. The van der Waals surface area contributed by atoms with Gasteiger partial charge in [-0.3, -0.25) is 0 Å². The highest BCUT2D eigenvalue weighted by Crippen LogP contribution is 2.10. The van der Waals surface area contributed by atoms with E-state index in [1.54, 1.807) is 0 Å². The molecular formula is C12H17BrNO-. The van der Waals surface area contributed by atoms with Gasteiger partial charge in [-0.15, -0.1) is 0 Å². The largest absolute Gasteiger partial charge is 1.00 e. The van der Waals surface area contributed by atoms with Gasteiger partial charge in [0.2, 0.25) is 0 Å². The molecular weight excluding hydrogens is 254 g/mol. The summed E-state index contributed by atoms with van der Waals surface area (Å²) >= 11 is 0. The SMILES string of the molecule is [Br-].c1ccc(CNCC2CCCO2)cc1. The van der Waals surface area contributed by atoms with Crippen LogP contribution in [0.3, 0.4) is 0 Å². The second-order valence-electron chi connectivity index (χ2n) is 3.75. The maximum Gasteiger partial charge on any atom is 0.0700 e. The van der Waals surface area contributed by atoms with Gasteiger partial charge in [-0.05, 0) is 18.4 Å². The monoisotopic (exact) mass is 270 g/mol. The third kappa shape index (κ3) is 4.33. The predicted molar refractivity (Wildman–Crippen MR) is 57.1 cm³/mol. The van der Waals surface area contributed by atoms with E-state index in [-0.39, 0.29) is 17.0 Å². The Balaban J connectivity index is 0.00000112. The van der Waals surface area contributed by atoms with Crippen LogP contribution in [-0.2, 0) is 11.3 Å². The molecule has 1 atom stereocenters. The lowest BCUT2D eigenvalue weighted by molar-refractivity contribution is -0.00000420. The van der Waals surface area contributed by atoms with Gasteiger partial charge in [-0.2, -0.15) is 0 Å². The Kier molecular flexibility index (Phi) is 5.91. The second kappa shape index (κ2) is 6.99. The summed E-state index contributed by atoms with van der Waals surface area (Å²) in [6.45, 7) is 2.87. The zero-order valence-electron chi connectivity index (χ0n) is 8.79. The van der Waals surface area contributed by atoms with Gasteiger partial charge in [-0.1, -0.05) is 30.3 Å². The summed E-state index contributed by atoms with van der Waals surface area (Å²) < 4.78 is 5.53. The van der Waals surface area contributed by atoms with Crippen molar-refractivity contribution in [2.45, 2.75) is 25.5 Å². The highest BCUT2D eigenvalue weighted by atomic mass is 79.9. The molecule has 1 unspecified atom stereocenters. The molecule has 0 saturated carbocycles. The smallest absolute Gasteiger partial charge is 0.0700 e. The molecule has 1 heterocycles. The number of hydrogen-bond acceptors (Lipinski definition) is 2. The van der Waals surface area contributed by atoms with Gasteiger partial charge in [0.1, 0.15) is 0 Å². The third-order valence-corrected chi connectivity index (χ3v) is 2.57. The van der Waals surface area contributed by atoms with E-state index >= 15 is 0 Å². The lowest BCUT2D eigenvalue weighted by Gasteiger charge is -2.10. The van der Waals surface area contributed by atoms with E-state index in [1.807, 2.05) is 6.07 Å². The van der Waals surface area contributed by atoms with Crippen LogP contribution in [0.4, 0.5) is 0 Å². The summed E-state index contributed by atoms with van der Waals surface area (Å²) in [5, 5.41) is 3.42. The third-order valence-electron chi connectivity index (χ3n) is 2.57. The minimum absolute atomic E-state index is 0. The molecule has 3 heteroatoms. The van der Waals surface area contributed by atoms with Crippen LogP contribution in [0.2, 0.25) is 0 Å². The molecule has 1 fully saturated rings. The van der Waals surface area contributed by atoms with Gasteiger partial charge in [0, 0.05) is 19.7 Å². The Labute approximate surface area is 102 Å². The average molecular weight is 271 g/mol. The van der Waals surface area contributed by atoms with Gasteiger partial charge < -0.3 is 27.0 Å². The average Bonchev–Trinajstić information content (AvgIpc) is 2.72. The fourth-order valence-electron chi connectivity index (χ4n) is 1.78. The molecule has 84 valence electrons. The van der Waals surface area contributed by atoms with Crippen LogP contribution in [0.5, 0.6) is 0 Å². The molecule has 0 radical (unpaired) electrons. The first-order chi connectivity index (χ1) is 6.95. The van der Waals surface area contributed by atoms with Crippen LogP contribution in [0.25, 0.3) is 0 Å². The van der Waals surface area contributed by atoms with Crippen molar-refractivity contribution in [3.8, 4) is 0 Å². The topological polar surface area (TPSA) is 21.3 Å².